The molecular formula is C13H21N3. The molecule has 2 N–H and O–H groups in total. The largest absolute Gasteiger partial charge is 0.367 e. The Morgan fingerprint density at radius 2 is 2.25 bits per heavy atom. The van der Waals surface area contributed by atoms with Gasteiger partial charge in [-0.1, -0.05) is 6.08 Å². The molecule has 16 heavy (non-hydrogen) atoms. The SMILES string of the molecule is C/C(=C\CCN1CCNCC1)c1cc[nH]c1. The van der Waals surface area contributed by atoms with Crippen molar-refractivity contribution in [2.24, 2.45) is 0 Å². The minimum atomic E-state index is 1.14. The molecule has 2 heterocycles. The molecule has 1 aliphatic rings. The fourth-order valence-electron chi connectivity index (χ4n) is 2.09. The highest BCUT2D eigenvalue weighted by Crippen LogP contribution is 2.12. The molecule has 1 saturated heterocycles. The van der Waals surface area contributed by atoms with Gasteiger partial charge in [0.05, 0.1) is 0 Å². The van der Waals surface area contributed by atoms with Crippen LogP contribution in [0.1, 0.15) is 18.9 Å². The Hall–Kier alpha value is -1.06. The Balaban J connectivity index is 1.76. The number of hydrogen-bond donors (Lipinski definition) is 2. The molecule has 0 amide bonds. The summed E-state index contributed by atoms with van der Waals surface area (Å²) in [5.41, 5.74) is 2.68. The van der Waals surface area contributed by atoms with Crippen LogP contribution in [0, 0.1) is 0 Å². The zero-order valence-electron chi connectivity index (χ0n) is 10.00. The van der Waals surface area contributed by atoms with Crippen molar-refractivity contribution >= 4 is 5.57 Å². The summed E-state index contributed by atoms with van der Waals surface area (Å²) in [5, 5.41) is 3.38. The number of H-pyrrole nitrogens is 1. The van der Waals surface area contributed by atoms with E-state index in [0.29, 0.717) is 0 Å². The lowest BCUT2D eigenvalue weighted by atomic mass is 10.1. The van der Waals surface area contributed by atoms with Crippen molar-refractivity contribution in [3.63, 3.8) is 0 Å². The number of aromatic nitrogens is 1. The molecular weight excluding hydrogens is 198 g/mol. The number of nitrogens with one attached hydrogen (secondary N) is 2. The molecule has 0 radical (unpaired) electrons. The molecule has 0 saturated carbocycles. The summed E-state index contributed by atoms with van der Waals surface area (Å²) in [4.78, 5) is 5.62. The van der Waals surface area contributed by atoms with E-state index in [4.69, 9.17) is 0 Å². The van der Waals surface area contributed by atoms with E-state index in [1.54, 1.807) is 0 Å². The first-order valence-electron chi connectivity index (χ1n) is 6.09. The van der Waals surface area contributed by atoms with Gasteiger partial charge in [0, 0.05) is 45.1 Å². The zero-order chi connectivity index (χ0) is 11.2. The highest BCUT2D eigenvalue weighted by molar-refractivity contribution is 5.62. The highest BCUT2D eigenvalue weighted by atomic mass is 15.2. The lowest BCUT2D eigenvalue weighted by Gasteiger charge is -2.26. The van der Waals surface area contributed by atoms with Crippen LogP contribution in [0.3, 0.4) is 0 Å². The normalized spacial score (nSPS) is 18.9. The summed E-state index contributed by atoms with van der Waals surface area (Å²) in [7, 11) is 0. The first-order valence-corrected chi connectivity index (χ1v) is 6.09. The monoisotopic (exact) mass is 219 g/mol. The Bertz CT molecular complexity index is 321. The second-order valence-electron chi connectivity index (χ2n) is 4.37. The topological polar surface area (TPSA) is 31.1 Å². The van der Waals surface area contributed by atoms with E-state index in [1.165, 1.54) is 30.8 Å². The van der Waals surface area contributed by atoms with Crippen LogP contribution in [0.5, 0.6) is 0 Å². The van der Waals surface area contributed by atoms with Gasteiger partial charge in [0.25, 0.3) is 0 Å². The smallest absolute Gasteiger partial charge is 0.0107 e. The van der Waals surface area contributed by atoms with E-state index in [-0.39, 0.29) is 0 Å². The molecule has 1 aromatic rings. The molecule has 1 fully saturated rings. The third-order valence-electron chi connectivity index (χ3n) is 3.16. The predicted molar refractivity (Wildman–Crippen MR) is 68.4 cm³/mol. The molecule has 3 nitrogen and oxygen atoms in total. The molecule has 3 heteroatoms. The third-order valence-corrected chi connectivity index (χ3v) is 3.16. The first-order chi connectivity index (χ1) is 7.86. The average Bonchev–Trinajstić information content (AvgIpc) is 2.84. The Labute approximate surface area is 97.5 Å². The van der Waals surface area contributed by atoms with E-state index in [2.05, 4.69) is 40.5 Å². The van der Waals surface area contributed by atoms with Gasteiger partial charge in [-0.05, 0) is 30.5 Å². The van der Waals surface area contributed by atoms with Crippen molar-refractivity contribution in [2.45, 2.75) is 13.3 Å². The van der Waals surface area contributed by atoms with Crippen molar-refractivity contribution in [1.82, 2.24) is 15.2 Å². The standard InChI is InChI=1S/C13H21N3/c1-12(13-4-5-15-11-13)3-2-8-16-9-6-14-7-10-16/h3-5,11,14-15H,2,6-10H2,1H3/b12-3+. The van der Waals surface area contributed by atoms with Gasteiger partial charge in [0.2, 0.25) is 0 Å². The van der Waals surface area contributed by atoms with Gasteiger partial charge in [0.1, 0.15) is 0 Å². The van der Waals surface area contributed by atoms with Gasteiger partial charge in [-0.15, -0.1) is 0 Å². The van der Waals surface area contributed by atoms with E-state index >= 15 is 0 Å². The molecule has 1 aliphatic heterocycles. The van der Waals surface area contributed by atoms with Crippen LogP contribution >= 0.6 is 0 Å². The molecule has 0 aliphatic carbocycles. The van der Waals surface area contributed by atoms with Crippen molar-refractivity contribution in [1.29, 1.82) is 0 Å². The number of rotatable bonds is 4. The summed E-state index contributed by atoms with van der Waals surface area (Å²) in [5.74, 6) is 0. The predicted octanol–water partition coefficient (Wildman–Crippen LogP) is 1.71. The maximum atomic E-state index is 3.38. The maximum Gasteiger partial charge on any atom is 0.0107 e. The van der Waals surface area contributed by atoms with Crippen molar-refractivity contribution in [2.75, 3.05) is 32.7 Å². The van der Waals surface area contributed by atoms with Crippen LogP contribution in [-0.4, -0.2) is 42.6 Å². The Morgan fingerprint density at radius 3 is 2.94 bits per heavy atom. The summed E-state index contributed by atoms with van der Waals surface area (Å²) >= 11 is 0. The lowest BCUT2D eigenvalue weighted by Crippen LogP contribution is -2.43. The molecule has 0 atom stereocenters. The van der Waals surface area contributed by atoms with Crippen LogP contribution in [0.25, 0.3) is 5.57 Å². The van der Waals surface area contributed by atoms with Gasteiger partial charge < -0.3 is 15.2 Å². The number of nitrogens with zero attached hydrogens (tertiary/aromatic N) is 1. The second kappa shape index (κ2) is 5.87. The van der Waals surface area contributed by atoms with E-state index in [1.807, 2.05) is 6.20 Å². The van der Waals surface area contributed by atoms with Gasteiger partial charge in [-0.25, -0.2) is 0 Å². The fourth-order valence-corrected chi connectivity index (χ4v) is 2.09. The quantitative estimate of drug-likeness (QED) is 0.808. The number of piperazine rings is 1. The highest BCUT2D eigenvalue weighted by Gasteiger charge is 2.07. The first kappa shape index (κ1) is 11.4. The third kappa shape index (κ3) is 3.22. The number of allylic oxidation sites excluding steroid dienone is 1. The Morgan fingerprint density at radius 1 is 1.44 bits per heavy atom. The van der Waals surface area contributed by atoms with Gasteiger partial charge in [-0.3, -0.25) is 0 Å². The molecule has 2 rings (SSSR count). The van der Waals surface area contributed by atoms with Crippen LogP contribution in [-0.2, 0) is 0 Å². The van der Waals surface area contributed by atoms with Crippen LogP contribution < -0.4 is 5.32 Å². The zero-order valence-corrected chi connectivity index (χ0v) is 10.00. The maximum absolute atomic E-state index is 3.38. The summed E-state index contributed by atoms with van der Waals surface area (Å²) < 4.78 is 0. The molecule has 1 aromatic heterocycles. The summed E-state index contributed by atoms with van der Waals surface area (Å²) in [6.45, 7) is 8.03. The molecule has 0 bridgehead atoms. The summed E-state index contributed by atoms with van der Waals surface area (Å²) in [6.07, 6.45) is 7.52. The van der Waals surface area contributed by atoms with Gasteiger partial charge in [-0.2, -0.15) is 0 Å². The van der Waals surface area contributed by atoms with Crippen molar-refractivity contribution < 1.29 is 0 Å². The lowest BCUT2D eigenvalue weighted by molar-refractivity contribution is 0.245. The van der Waals surface area contributed by atoms with Crippen LogP contribution in [0.4, 0.5) is 0 Å². The molecule has 0 aromatic carbocycles. The van der Waals surface area contributed by atoms with E-state index < -0.39 is 0 Å². The second-order valence-corrected chi connectivity index (χ2v) is 4.37. The fraction of sp³-hybridized carbons (Fsp3) is 0.538. The minimum Gasteiger partial charge on any atom is -0.367 e. The van der Waals surface area contributed by atoms with Gasteiger partial charge >= 0.3 is 0 Å². The van der Waals surface area contributed by atoms with E-state index in [9.17, 15) is 0 Å². The van der Waals surface area contributed by atoms with E-state index in [0.717, 1.165) is 19.5 Å². The Kier molecular flexibility index (Phi) is 4.19. The molecule has 0 spiro atoms. The number of hydrogen-bond acceptors (Lipinski definition) is 2. The summed E-state index contributed by atoms with van der Waals surface area (Å²) in [6, 6.07) is 2.12. The molecule has 0 unspecified atom stereocenters. The van der Waals surface area contributed by atoms with Crippen molar-refractivity contribution in [3.8, 4) is 0 Å². The van der Waals surface area contributed by atoms with Crippen LogP contribution in [0.15, 0.2) is 24.5 Å². The minimum absolute atomic E-state index is 1.14. The number of aromatic amines is 1. The van der Waals surface area contributed by atoms with Crippen LogP contribution in [0.2, 0.25) is 0 Å². The van der Waals surface area contributed by atoms with Gasteiger partial charge in [0.15, 0.2) is 0 Å². The van der Waals surface area contributed by atoms with Crippen molar-refractivity contribution in [3.05, 3.63) is 30.1 Å². The average molecular weight is 219 g/mol. The molecule has 88 valence electrons.